The first-order valence-corrected chi connectivity index (χ1v) is 4.21. The molecule has 0 bridgehead atoms. The molecule has 0 amide bonds. The van der Waals surface area contributed by atoms with Gasteiger partial charge in [-0.05, 0) is 6.42 Å². The van der Waals surface area contributed by atoms with E-state index in [9.17, 15) is 0 Å². The third-order valence-electron chi connectivity index (χ3n) is 1.73. The number of rotatable bonds is 4. The Hall–Kier alpha value is -1.58. The summed E-state index contributed by atoms with van der Waals surface area (Å²) in [6, 6.07) is 0. The van der Waals surface area contributed by atoms with Gasteiger partial charge in [0.15, 0.2) is 11.6 Å². The summed E-state index contributed by atoms with van der Waals surface area (Å²) in [6.07, 6.45) is 4.12. The van der Waals surface area contributed by atoms with E-state index in [1.165, 1.54) is 0 Å². The average molecular weight is 178 g/mol. The van der Waals surface area contributed by atoms with Gasteiger partial charge in [0.05, 0.1) is 0 Å². The monoisotopic (exact) mass is 178 g/mol. The van der Waals surface area contributed by atoms with Gasteiger partial charge in [0.2, 0.25) is 0 Å². The predicted molar refractivity (Wildman–Crippen MR) is 54.4 cm³/mol. The lowest BCUT2D eigenvalue weighted by Crippen LogP contribution is -2.08. The summed E-state index contributed by atoms with van der Waals surface area (Å²) in [5.74, 6) is 1.04. The molecule has 0 saturated heterocycles. The highest BCUT2D eigenvalue weighted by molar-refractivity contribution is 5.55. The molecule has 1 aromatic rings. The molecule has 4 nitrogen and oxygen atoms in total. The lowest BCUT2D eigenvalue weighted by molar-refractivity contribution is 1.04. The van der Waals surface area contributed by atoms with Crippen LogP contribution in [-0.2, 0) is 0 Å². The number of aromatic nitrogens is 2. The van der Waals surface area contributed by atoms with Gasteiger partial charge in [0, 0.05) is 18.9 Å². The lowest BCUT2D eigenvalue weighted by atomic mass is 10.2. The zero-order valence-corrected chi connectivity index (χ0v) is 7.75. The van der Waals surface area contributed by atoms with Gasteiger partial charge in [0.25, 0.3) is 0 Å². The highest BCUT2D eigenvalue weighted by atomic mass is 15.0. The minimum absolute atomic E-state index is 0.423. The van der Waals surface area contributed by atoms with Gasteiger partial charge in [-0.2, -0.15) is 0 Å². The van der Waals surface area contributed by atoms with Crippen molar-refractivity contribution in [2.75, 3.05) is 17.6 Å². The van der Waals surface area contributed by atoms with E-state index in [0.29, 0.717) is 18.2 Å². The van der Waals surface area contributed by atoms with Crippen LogP contribution in [0.3, 0.4) is 0 Å². The number of nitrogen functional groups attached to an aromatic ring is 1. The molecule has 0 aliphatic rings. The quantitative estimate of drug-likeness (QED) is 0.685. The molecule has 0 spiro atoms. The highest BCUT2D eigenvalue weighted by Crippen LogP contribution is 2.10. The summed E-state index contributed by atoms with van der Waals surface area (Å²) in [5, 5.41) is 3.07. The maximum atomic E-state index is 5.58. The van der Waals surface area contributed by atoms with Crippen LogP contribution in [-0.4, -0.2) is 16.5 Å². The van der Waals surface area contributed by atoms with Gasteiger partial charge in [-0.3, -0.25) is 0 Å². The van der Waals surface area contributed by atoms with Crippen molar-refractivity contribution >= 4 is 11.6 Å². The summed E-state index contributed by atoms with van der Waals surface area (Å²) < 4.78 is 0. The van der Waals surface area contributed by atoms with E-state index in [-0.39, 0.29) is 0 Å². The number of hydrogen-bond acceptors (Lipinski definition) is 4. The second-order valence-corrected chi connectivity index (χ2v) is 2.75. The van der Waals surface area contributed by atoms with E-state index in [0.717, 1.165) is 12.0 Å². The van der Waals surface area contributed by atoms with Crippen molar-refractivity contribution in [1.29, 1.82) is 0 Å². The Morgan fingerprint density at radius 1 is 1.54 bits per heavy atom. The Morgan fingerprint density at radius 3 is 2.85 bits per heavy atom. The van der Waals surface area contributed by atoms with E-state index in [1.807, 2.05) is 0 Å². The molecule has 4 heteroatoms. The van der Waals surface area contributed by atoms with E-state index in [4.69, 9.17) is 5.73 Å². The summed E-state index contributed by atoms with van der Waals surface area (Å²) in [7, 11) is 0. The van der Waals surface area contributed by atoms with Gasteiger partial charge in [-0.15, -0.1) is 0 Å². The third-order valence-corrected chi connectivity index (χ3v) is 1.73. The van der Waals surface area contributed by atoms with E-state index in [2.05, 4.69) is 28.8 Å². The van der Waals surface area contributed by atoms with Gasteiger partial charge >= 0.3 is 0 Å². The molecule has 1 aromatic heterocycles. The normalized spacial score (nSPS) is 9.62. The van der Waals surface area contributed by atoms with Gasteiger partial charge in [-0.1, -0.05) is 19.1 Å². The molecule has 0 unspecified atom stereocenters. The van der Waals surface area contributed by atoms with Crippen LogP contribution in [0.15, 0.2) is 24.5 Å². The Bertz CT molecular complexity index is 295. The van der Waals surface area contributed by atoms with Gasteiger partial charge in [-0.25, -0.2) is 9.97 Å². The Morgan fingerprint density at radius 2 is 2.23 bits per heavy atom. The van der Waals surface area contributed by atoms with Crippen LogP contribution in [0.4, 0.5) is 11.6 Å². The zero-order chi connectivity index (χ0) is 9.68. The molecule has 0 aromatic carbocycles. The molecular weight excluding hydrogens is 164 g/mol. The van der Waals surface area contributed by atoms with Crippen LogP contribution in [0.25, 0.3) is 0 Å². The molecular formula is C9H14N4. The smallest absolute Gasteiger partial charge is 0.169 e. The second-order valence-electron chi connectivity index (χ2n) is 2.75. The molecule has 1 heterocycles. The Balaban J connectivity index is 2.54. The largest absolute Gasteiger partial charge is 0.381 e. The molecule has 1 rings (SSSR count). The van der Waals surface area contributed by atoms with Crippen LogP contribution in [0.2, 0.25) is 0 Å². The lowest BCUT2D eigenvalue weighted by Gasteiger charge is -2.07. The van der Waals surface area contributed by atoms with Gasteiger partial charge < -0.3 is 11.1 Å². The highest BCUT2D eigenvalue weighted by Gasteiger charge is 1.99. The van der Waals surface area contributed by atoms with Crippen molar-refractivity contribution in [3.63, 3.8) is 0 Å². The van der Waals surface area contributed by atoms with Crippen LogP contribution in [0, 0.1) is 0 Å². The van der Waals surface area contributed by atoms with Gasteiger partial charge in [0.1, 0.15) is 0 Å². The van der Waals surface area contributed by atoms with Crippen molar-refractivity contribution in [3.8, 4) is 0 Å². The molecule has 0 aliphatic heterocycles. The molecule has 0 fully saturated rings. The SMILES string of the molecule is C=C(CC)CNc1nccnc1N. The molecule has 0 saturated carbocycles. The molecule has 0 radical (unpaired) electrons. The van der Waals surface area contributed by atoms with Crippen LogP contribution in [0.1, 0.15) is 13.3 Å². The number of nitrogens with zero attached hydrogens (tertiary/aromatic N) is 2. The fourth-order valence-electron chi connectivity index (χ4n) is 0.819. The number of anilines is 2. The molecule has 3 N–H and O–H groups in total. The molecule has 13 heavy (non-hydrogen) atoms. The fraction of sp³-hybridized carbons (Fsp3) is 0.333. The number of nitrogens with one attached hydrogen (secondary N) is 1. The topological polar surface area (TPSA) is 63.8 Å². The standard InChI is InChI=1S/C9H14N4/c1-3-7(2)6-13-9-8(10)11-4-5-12-9/h4-5H,2-3,6H2,1H3,(H2,10,11)(H,12,13). The number of hydrogen-bond donors (Lipinski definition) is 2. The fourth-order valence-corrected chi connectivity index (χ4v) is 0.819. The summed E-state index contributed by atoms with van der Waals surface area (Å²) in [4.78, 5) is 7.95. The van der Waals surface area contributed by atoms with E-state index >= 15 is 0 Å². The average Bonchev–Trinajstić information content (AvgIpc) is 2.16. The molecule has 70 valence electrons. The molecule has 0 atom stereocenters. The minimum Gasteiger partial charge on any atom is -0.381 e. The minimum atomic E-state index is 0.423. The van der Waals surface area contributed by atoms with Crippen LogP contribution >= 0.6 is 0 Å². The van der Waals surface area contributed by atoms with Crippen molar-refractivity contribution in [3.05, 3.63) is 24.5 Å². The first kappa shape index (κ1) is 9.51. The first-order chi connectivity index (χ1) is 6.24. The summed E-state index contributed by atoms with van der Waals surface area (Å²) in [5.41, 5.74) is 6.70. The summed E-state index contributed by atoms with van der Waals surface area (Å²) in [6.45, 7) is 6.62. The maximum Gasteiger partial charge on any atom is 0.169 e. The third kappa shape index (κ3) is 2.74. The van der Waals surface area contributed by atoms with E-state index in [1.54, 1.807) is 12.4 Å². The second kappa shape index (κ2) is 4.45. The van der Waals surface area contributed by atoms with Crippen molar-refractivity contribution in [1.82, 2.24) is 9.97 Å². The Kier molecular flexibility index (Phi) is 3.25. The predicted octanol–water partition coefficient (Wildman–Crippen LogP) is 1.44. The van der Waals surface area contributed by atoms with E-state index < -0.39 is 0 Å². The van der Waals surface area contributed by atoms with Crippen LogP contribution in [0.5, 0.6) is 0 Å². The first-order valence-electron chi connectivity index (χ1n) is 4.21. The molecule has 0 aliphatic carbocycles. The van der Waals surface area contributed by atoms with Crippen molar-refractivity contribution in [2.45, 2.75) is 13.3 Å². The van der Waals surface area contributed by atoms with Crippen molar-refractivity contribution in [2.24, 2.45) is 0 Å². The Labute approximate surface area is 77.9 Å². The van der Waals surface area contributed by atoms with Crippen LogP contribution < -0.4 is 11.1 Å². The maximum absolute atomic E-state index is 5.58. The van der Waals surface area contributed by atoms with Crippen molar-refractivity contribution < 1.29 is 0 Å². The zero-order valence-electron chi connectivity index (χ0n) is 7.75. The summed E-state index contributed by atoms with van der Waals surface area (Å²) >= 11 is 0. The number of nitrogens with two attached hydrogens (primary N) is 1.